The molecule has 1 amide bonds. The summed E-state index contributed by atoms with van der Waals surface area (Å²) in [4.78, 5) is 12.5. The first-order valence-electron chi connectivity index (χ1n) is 9.72. The topological polar surface area (TPSA) is 75.7 Å². The van der Waals surface area contributed by atoms with E-state index in [0.717, 1.165) is 5.75 Å². The van der Waals surface area contributed by atoms with Gasteiger partial charge in [-0.2, -0.15) is 0 Å². The van der Waals surface area contributed by atoms with Crippen LogP contribution in [0.25, 0.3) is 0 Å². The summed E-state index contributed by atoms with van der Waals surface area (Å²) < 4.78 is 32.7. The molecule has 2 aromatic carbocycles. The molecule has 9 heteroatoms. The van der Waals surface area contributed by atoms with E-state index in [2.05, 4.69) is 5.32 Å². The minimum absolute atomic E-state index is 0.156. The van der Waals surface area contributed by atoms with E-state index >= 15 is 0 Å². The molecule has 162 valence electrons. The zero-order chi connectivity index (χ0) is 21.6. The zero-order valence-electron chi connectivity index (χ0n) is 16.4. The van der Waals surface area contributed by atoms with Crippen molar-refractivity contribution in [2.45, 2.75) is 18.6 Å². The van der Waals surface area contributed by atoms with Gasteiger partial charge in [-0.15, -0.1) is 0 Å². The molecular formula is C21H24Cl2N2O4S. The van der Waals surface area contributed by atoms with Gasteiger partial charge in [-0.05, 0) is 42.7 Å². The summed E-state index contributed by atoms with van der Waals surface area (Å²) in [6.45, 7) is 1.27. The summed E-state index contributed by atoms with van der Waals surface area (Å²) in [6, 6.07) is 14.1. The van der Waals surface area contributed by atoms with Gasteiger partial charge in [0, 0.05) is 23.1 Å². The molecule has 0 spiro atoms. The number of nitrogens with one attached hydrogen (secondary N) is 1. The second kappa shape index (κ2) is 10.5. The number of hydrogen-bond donors (Lipinski definition) is 1. The van der Waals surface area contributed by atoms with Crippen LogP contribution < -0.4 is 10.1 Å². The predicted octanol–water partition coefficient (Wildman–Crippen LogP) is 3.73. The van der Waals surface area contributed by atoms with Gasteiger partial charge < -0.3 is 10.1 Å². The van der Waals surface area contributed by atoms with Crippen molar-refractivity contribution >= 4 is 39.1 Å². The van der Waals surface area contributed by atoms with Crippen LogP contribution >= 0.6 is 23.2 Å². The van der Waals surface area contributed by atoms with Crippen molar-refractivity contribution < 1.29 is 17.9 Å². The first-order chi connectivity index (χ1) is 14.3. The number of nitrogens with zero attached hydrogens (tertiary/aromatic N) is 1. The van der Waals surface area contributed by atoms with Crippen LogP contribution in [0.2, 0.25) is 10.0 Å². The summed E-state index contributed by atoms with van der Waals surface area (Å²) in [5, 5.41) is 3.61. The second-order valence-electron chi connectivity index (χ2n) is 7.14. The Bertz CT molecular complexity index is 970. The Morgan fingerprint density at radius 1 is 1.17 bits per heavy atom. The van der Waals surface area contributed by atoms with Gasteiger partial charge in [0.15, 0.2) is 0 Å². The fourth-order valence-corrected chi connectivity index (χ4v) is 5.54. The highest BCUT2D eigenvalue weighted by atomic mass is 35.5. The number of carbonyl (C=O) groups is 1. The van der Waals surface area contributed by atoms with Crippen LogP contribution in [0.1, 0.15) is 18.4 Å². The average Bonchev–Trinajstić information content (AvgIpc) is 2.74. The van der Waals surface area contributed by atoms with E-state index in [1.165, 1.54) is 10.4 Å². The molecule has 0 aliphatic carbocycles. The summed E-state index contributed by atoms with van der Waals surface area (Å²) in [5.74, 6) is -0.0213. The third kappa shape index (κ3) is 6.35. The Morgan fingerprint density at radius 2 is 1.93 bits per heavy atom. The molecule has 1 aliphatic heterocycles. The lowest BCUT2D eigenvalue weighted by atomic mass is 9.99. The molecule has 1 N–H and O–H groups in total. The fraction of sp³-hybridized carbons (Fsp3) is 0.381. The van der Waals surface area contributed by atoms with Crippen LogP contribution in [0, 0.1) is 5.92 Å². The maximum absolute atomic E-state index is 12.9. The highest BCUT2D eigenvalue weighted by molar-refractivity contribution is 7.88. The van der Waals surface area contributed by atoms with Crippen LogP contribution in [0.4, 0.5) is 0 Å². The fourth-order valence-electron chi connectivity index (χ4n) is 3.34. The van der Waals surface area contributed by atoms with E-state index in [1.54, 1.807) is 12.1 Å². The molecule has 30 heavy (non-hydrogen) atoms. The predicted molar refractivity (Wildman–Crippen MR) is 118 cm³/mol. The molecule has 1 unspecified atom stereocenters. The summed E-state index contributed by atoms with van der Waals surface area (Å²) in [7, 11) is -3.60. The van der Waals surface area contributed by atoms with Crippen LogP contribution in [0.3, 0.4) is 0 Å². The lowest BCUT2D eigenvalue weighted by Crippen LogP contribution is -2.46. The molecule has 1 aliphatic rings. The van der Waals surface area contributed by atoms with Crippen molar-refractivity contribution in [3.63, 3.8) is 0 Å². The molecule has 0 saturated carbocycles. The third-order valence-electron chi connectivity index (χ3n) is 4.91. The number of piperidine rings is 1. The van der Waals surface area contributed by atoms with Crippen molar-refractivity contribution in [3.8, 4) is 5.75 Å². The second-order valence-corrected chi connectivity index (χ2v) is 9.95. The molecule has 1 heterocycles. The molecule has 0 aromatic heterocycles. The first kappa shape index (κ1) is 22.9. The summed E-state index contributed by atoms with van der Waals surface area (Å²) >= 11 is 12.0. The van der Waals surface area contributed by atoms with Crippen LogP contribution in [0.5, 0.6) is 5.75 Å². The Morgan fingerprint density at radius 3 is 2.67 bits per heavy atom. The summed E-state index contributed by atoms with van der Waals surface area (Å²) in [6.07, 6.45) is 1.28. The monoisotopic (exact) mass is 470 g/mol. The normalized spacial score (nSPS) is 17.5. The van der Waals surface area contributed by atoms with Crippen LogP contribution in [0.15, 0.2) is 48.5 Å². The Hall–Kier alpha value is -1.80. The number of benzene rings is 2. The maximum atomic E-state index is 12.9. The molecule has 1 saturated heterocycles. The van der Waals surface area contributed by atoms with Gasteiger partial charge in [-0.1, -0.05) is 47.5 Å². The Labute approximate surface area is 187 Å². The average molecular weight is 471 g/mol. The first-order valence-corrected chi connectivity index (χ1v) is 12.1. The van der Waals surface area contributed by atoms with Gasteiger partial charge in [-0.25, -0.2) is 12.7 Å². The van der Waals surface area contributed by atoms with E-state index in [1.807, 2.05) is 30.3 Å². The van der Waals surface area contributed by atoms with Crippen LogP contribution in [-0.4, -0.2) is 44.9 Å². The smallest absolute Gasteiger partial charge is 0.224 e. The third-order valence-corrected chi connectivity index (χ3v) is 7.30. The van der Waals surface area contributed by atoms with Gasteiger partial charge in [0.05, 0.1) is 18.2 Å². The standard InChI is InChI=1S/C21H24Cl2N2O4S/c22-18-9-8-17(20(23)13-18)15-30(27,28)25-11-4-5-16(14-25)21(26)24-10-12-29-19-6-2-1-3-7-19/h1-3,6-9,13,16H,4-5,10-12,14-15H2,(H,24,26). The highest BCUT2D eigenvalue weighted by Crippen LogP contribution is 2.26. The van der Waals surface area contributed by atoms with Crippen molar-refractivity contribution in [2.75, 3.05) is 26.2 Å². The van der Waals surface area contributed by atoms with Gasteiger partial charge in [0.2, 0.25) is 15.9 Å². The Balaban J connectivity index is 1.51. The molecular weight excluding hydrogens is 447 g/mol. The highest BCUT2D eigenvalue weighted by Gasteiger charge is 2.32. The van der Waals surface area contributed by atoms with Crippen molar-refractivity contribution in [3.05, 3.63) is 64.1 Å². The molecule has 6 nitrogen and oxygen atoms in total. The number of carbonyl (C=O) groups excluding carboxylic acids is 1. The number of ether oxygens (including phenoxy) is 1. The van der Waals surface area contributed by atoms with Crippen molar-refractivity contribution in [1.82, 2.24) is 9.62 Å². The molecule has 2 aromatic rings. The number of hydrogen-bond acceptors (Lipinski definition) is 4. The van der Waals surface area contributed by atoms with Crippen molar-refractivity contribution in [2.24, 2.45) is 5.92 Å². The van der Waals surface area contributed by atoms with E-state index in [4.69, 9.17) is 27.9 Å². The minimum atomic E-state index is -3.60. The number of halogens is 2. The minimum Gasteiger partial charge on any atom is -0.492 e. The molecule has 0 bridgehead atoms. The summed E-state index contributed by atoms with van der Waals surface area (Å²) in [5.41, 5.74) is 0.491. The largest absolute Gasteiger partial charge is 0.492 e. The van der Waals surface area contributed by atoms with Gasteiger partial charge in [0.1, 0.15) is 12.4 Å². The van der Waals surface area contributed by atoms with Gasteiger partial charge in [-0.3, -0.25) is 4.79 Å². The van der Waals surface area contributed by atoms with Crippen LogP contribution in [-0.2, 0) is 20.6 Å². The molecule has 1 fully saturated rings. The Kier molecular flexibility index (Phi) is 7.99. The maximum Gasteiger partial charge on any atom is 0.224 e. The van der Waals surface area contributed by atoms with E-state index in [-0.39, 0.29) is 24.1 Å². The molecule has 1 atom stereocenters. The van der Waals surface area contributed by atoms with E-state index in [0.29, 0.717) is 48.1 Å². The number of sulfonamides is 1. The number of rotatable bonds is 8. The van der Waals surface area contributed by atoms with Crippen molar-refractivity contribution in [1.29, 1.82) is 0 Å². The van der Waals surface area contributed by atoms with E-state index < -0.39 is 10.0 Å². The van der Waals surface area contributed by atoms with E-state index in [9.17, 15) is 13.2 Å². The van der Waals surface area contributed by atoms with Gasteiger partial charge in [0.25, 0.3) is 0 Å². The number of para-hydroxylation sites is 1. The lowest BCUT2D eigenvalue weighted by molar-refractivity contribution is -0.126. The lowest BCUT2D eigenvalue weighted by Gasteiger charge is -2.31. The molecule has 0 radical (unpaired) electrons. The molecule has 3 rings (SSSR count). The SMILES string of the molecule is O=C(NCCOc1ccccc1)C1CCCN(S(=O)(=O)Cc2ccc(Cl)cc2Cl)C1. The zero-order valence-corrected chi connectivity index (χ0v) is 18.7. The quantitative estimate of drug-likeness (QED) is 0.596. The number of amides is 1. The van der Waals surface area contributed by atoms with Gasteiger partial charge >= 0.3 is 0 Å².